The van der Waals surface area contributed by atoms with Crippen molar-refractivity contribution in [1.29, 1.82) is 0 Å². The molecule has 1 amide bonds. The molecule has 0 saturated heterocycles. The van der Waals surface area contributed by atoms with Gasteiger partial charge >= 0.3 is 0 Å². The molecule has 1 N–H and O–H groups in total. The maximum Gasteiger partial charge on any atom is 0.217 e. The van der Waals surface area contributed by atoms with Crippen molar-refractivity contribution in [3.63, 3.8) is 0 Å². The molecule has 3 fully saturated rings. The van der Waals surface area contributed by atoms with Crippen molar-refractivity contribution in [3.05, 3.63) is 23.3 Å². The highest BCUT2D eigenvalue weighted by molar-refractivity contribution is 5.89. The molecule has 3 saturated carbocycles. The average Bonchev–Trinajstić information content (AvgIpc) is 2.79. The fraction of sp³-hybridized carbons (Fsp3) is 0.800. The summed E-state index contributed by atoms with van der Waals surface area (Å²) in [6.07, 6.45) is 21.8. The Hall–Kier alpha value is -1.58. The van der Waals surface area contributed by atoms with E-state index >= 15 is 0 Å². The molecule has 34 heavy (non-hydrogen) atoms. The highest BCUT2D eigenvalue weighted by Crippen LogP contribution is 2.67. The summed E-state index contributed by atoms with van der Waals surface area (Å²) in [4.78, 5) is 25.4. The molecule has 4 nitrogen and oxygen atoms in total. The van der Waals surface area contributed by atoms with Crippen LogP contribution in [-0.4, -0.2) is 17.9 Å². The second-order valence-corrected chi connectivity index (χ2v) is 12.9. The Morgan fingerprint density at radius 3 is 1.65 bits per heavy atom. The minimum atomic E-state index is -1.12. The number of carbonyl (C=O) groups is 2. The summed E-state index contributed by atoms with van der Waals surface area (Å²) < 4.78 is 0. The first-order valence-corrected chi connectivity index (χ1v) is 14.0. The Morgan fingerprint density at radius 2 is 1.24 bits per heavy atom. The number of aliphatic carboxylic acids is 1. The van der Waals surface area contributed by atoms with Gasteiger partial charge in [0.25, 0.3) is 0 Å². The largest absolute Gasteiger partial charge is 0.545 e. The molecule has 0 heterocycles. The van der Waals surface area contributed by atoms with Crippen LogP contribution in [0.4, 0.5) is 0 Å². The highest BCUT2D eigenvalue weighted by atomic mass is 16.4. The van der Waals surface area contributed by atoms with E-state index in [1.807, 2.05) is 6.08 Å². The van der Waals surface area contributed by atoms with Crippen molar-refractivity contribution < 1.29 is 14.7 Å². The van der Waals surface area contributed by atoms with Gasteiger partial charge in [-0.1, -0.05) is 90.7 Å². The van der Waals surface area contributed by atoms with E-state index in [4.69, 9.17) is 0 Å². The molecule has 4 rings (SSSR count). The quantitative estimate of drug-likeness (QED) is 0.537. The fourth-order valence-electron chi connectivity index (χ4n) is 8.67. The number of allylic oxidation sites excluding steroid dienone is 2. The van der Waals surface area contributed by atoms with Crippen molar-refractivity contribution in [2.45, 2.75) is 130 Å². The first-order chi connectivity index (χ1) is 16.1. The summed E-state index contributed by atoms with van der Waals surface area (Å²) >= 11 is 0. The Bertz CT molecular complexity index is 824. The smallest absolute Gasteiger partial charge is 0.217 e. The lowest BCUT2D eigenvalue weighted by molar-refractivity contribution is -0.300. The first kappa shape index (κ1) is 25.5. The molecule has 1 unspecified atom stereocenters. The van der Waals surface area contributed by atoms with Gasteiger partial charge in [-0.3, -0.25) is 4.79 Å². The average molecular weight is 469 g/mol. The van der Waals surface area contributed by atoms with Crippen molar-refractivity contribution in [2.75, 3.05) is 0 Å². The van der Waals surface area contributed by atoms with E-state index in [0.29, 0.717) is 5.57 Å². The molecule has 0 aromatic carbocycles. The molecule has 1 atom stereocenters. The van der Waals surface area contributed by atoms with Crippen molar-refractivity contribution >= 4 is 11.9 Å². The lowest BCUT2D eigenvalue weighted by atomic mass is 9.40. The van der Waals surface area contributed by atoms with Crippen molar-refractivity contribution in [3.8, 4) is 0 Å². The maximum atomic E-state index is 12.8. The summed E-state index contributed by atoms with van der Waals surface area (Å²) in [7, 11) is 0. The lowest BCUT2D eigenvalue weighted by Gasteiger charge is -2.65. The van der Waals surface area contributed by atoms with Gasteiger partial charge in [-0.2, -0.15) is 0 Å². The monoisotopic (exact) mass is 468 g/mol. The topological polar surface area (TPSA) is 69.2 Å². The molecular weight excluding hydrogens is 422 g/mol. The number of hydrogen-bond donors (Lipinski definition) is 1. The van der Waals surface area contributed by atoms with Gasteiger partial charge < -0.3 is 15.2 Å². The van der Waals surface area contributed by atoms with Gasteiger partial charge in [-0.05, 0) is 65.9 Å². The summed E-state index contributed by atoms with van der Waals surface area (Å²) in [6.45, 7) is 8.70. The Balaban J connectivity index is 2.01. The van der Waals surface area contributed by atoms with Crippen LogP contribution < -0.4 is 10.4 Å². The van der Waals surface area contributed by atoms with E-state index in [2.05, 4.69) is 32.2 Å². The molecule has 4 aliphatic rings. The van der Waals surface area contributed by atoms with Crippen LogP contribution in [0.2, 0.25) is 0 Å². The third-order valence-corrected chi connectivity index (χ3v) is 10.6. The van der Waals surface area contributed by atoms with E-state index in [0.717, 1.165) is 38.5 Å². The Labute approximate surface area is 207 Å². The third kappa shape index (κ3) is 4.17. The van der Waals surface area contributed by atoms with E-state index in [1.54, 1.807) is 0 Å². The van der Waals surface area contributed by atoms with Crippen molar-refractivity contribution in [2.24, 2.45) is 21.7 Å². The summed E-state index contributed by atoms with van der Waals surface area (Å²) in [6, 6.07) is -0.544. The predicted octanol–water partition coefficient (Wildman–Crippen LogP) is 6.01. The molecule has 4 heteroatoms. The van der Waals surface area contributed by atoms with E-state index in [1.165, 1.54) is 70.3 Å². The second kappa shape index (κ2) is 9.47. The molecule has 0 spiro atoms. The second-order valence-electron chi connectivity index (χ2n) is 12.9. The number of carboxylic acid groups (broad SMARTS) is 1. The third-order valence-electron chi connectivity index (χ3n) is 10.6. The van der Waals surface area contributed by atoms with Gasteiger partial charge in [0.1, 0.15) is 0 Å². The maximum absolute atomic E-state index is 12.8. The number of amides is 1. The number of carboxylic acids is 1. The number of hydrogen-bond acceptors (Lipinski definition) is 3. The van der Waals surface area contributed by atoms with Gasteiger partial charge in [0.05, 0.1) is 12.0 Å². The molecule has 0 aliphatic heterocycles. The van der Waals surface area contributed by atoms with Crippen molar-refractivity contribution in [1.82, 2.24) is 5.32 Å². The fourth-order valence-corrected chi connectivity index (χ4v) is 8.67. The van der Waals surface area contributed by atoms with Crippen LogP contribution in [0, 0.1) is 21.7 Å². The summed E-state index contributed by atoms with van der Waals surface area (Å²) in [5.41, 5.74) is 0.906. The van der Waals surface area contributed by atoms with E-state index in [9.17, 15) is 14.7 Å². The SMILES string of the molecule is CC(=O)NC1C(C(=O)[O-])=CC(C2(C)CCCCC2)=CC1(C1(C)CCCCC1)C1(C)CCCCC1. The van der Waals surface area contributed by atoms with Crippen LogP contribution in [0.5, 0.6) is 0 Å². The normalized spacial score (nSPS) is 29.9. The molecule has 0 radical (unpaired) electrons. The zero-order chi connectivity index (χ0) is 24.6. The summed E-state index contributed by atoms with van der Waals surface area (Å²) in [5, 5.41) is 16.0. The standard InChI is InChI=1S/C30H47NO3/c1-22(32)31-25-24(26(33)34)20-23(27(2)14-8-5-9-15-27)21-30(25,28(3)16-10-6-11-17-28)29(4)18-12-7-13-19-29/h20-21,25H,5-19H2,1-4H3,(H,31,32)(H,33,34)/p-1. The molecule has 0 aromatic rings. The van der Waals surface area contributed by atoms with Crippen LogP contribution in [-0.2, 0) is 9.59 Å². The minimum Gasteiger partial charge on any atom is -0.545 e. The predicted molar refractivity (Wildman–Crippen MR) is 135 cm³/mol. The van der Waals surface area contributed by atoms with Crippen LogP contribution in [0.3, 0.4) is 0 Å². The molecule has 0 aromatic heterocycles. The van der Waals surface area contributed by atoms with Crippen LogP contribution in [0.15, 0.2) is 23.3 Å². The van der Waals surface area contributed by atoms with E-state index in [-0.39, 0.29) is 22.2 Å². The van der Waals surface area contributed by atoms with Gasteiger partial charge in [0.2, 0.25) is 5.91 Å². The number of carbonyl (C=O) groups excluding carboxylic acids is 2. The Kier molecular flexibility index (Phi) is 7.10. The minimum absolute atomic E-state index is 0.0125. The van der Waals surface area contributed by atoms with Crippen LogP contribution >= 0.6 is 0 Å². The van der Waals surface area contributed by atoms with Gasteiger partial charge in [-0.15, -0.1) is 0 Å². The van der Waals surface area contributed by atoms with Gasteiger partial charge in [0.15, 0.2) is 0 Å². The first-order valence-electron chi connectivity index (χ1n) is 14.0. The van der Waals surface area contributed by atoms with Gasteiger partial charge in [0, 0.05) is 12.3 Å². The van der Waals surface area contributed by atoms with Crippen LogP contribution in [0.25, 0.3) is 0 Å². The molecule has 4 aliphatic carbocycles. The Morgan fingerprint density at radius 1 is 0.794 bits per heavy atom. The zero-order valence-corrected chi connectivity index (χ0v) is 22.1. The highest BCUT2D eigenvalue weighted by Gasteiger charge is 2.63. The zero-order valence-electron chi connectivity index (χ0n) is 22.1. The molecule has 0 bridgehead atoms. The summed E-state index contributed by atoms with van der Waals surface area (Å²) in [5.74, 6) is -1.27. The van der Waals surface area contributed by atoms with Crippen LogP contribution in [0.1, 0.15) is 124 Å². The van der Waals surface area contributed by atoms with Gasteiger partial charge in [-0.25, -0.2) is 0 Å². The molecule has 190 valence electrons. The number of nitrogens with one attached hydrogen (secondary N) is 1. The van der Waals surface area contributed by atoms with E-state index < -0.39 is 17.4 Å². The number of rotatable bonds is 5. The molecular formula is C30H46NO3-. The lowest BCUT2D eigenvalue weighted by Crippen LogP contribution is -2.65.